The summed E-state index contributed by atoms with van der Waals surface area (Å²) in [6.45, 7) is 3.04. The lowest BCUT2D eigenvalue weighted by Gasteiger charge is -2.41. The Balaban J connectivity index is 1.87. The highest BCUT2D eigenvalue weighted by atomic mass is 32.1. The first kappa shape index (κ1) is 10.1. The second-order valence-electron chi connectivity index (χ2n) is 4.03. The minimum atomic E-state index is -0.000422. The molecule has 0 radical (unpaired) electrons. The molecule has 3 nitrogen and oxygen atoms in total. The summed E-state index contributed by atoms with van der Waals surface area (Å²) in [6, 6.07) is 0. The topological polar surface area (TPSA) is 45.1 Å². The summed E-state index contributed by atoms with van der Waals surface area (Å²) in [5, 5.41) is 15.8. The number of hydrogen-bond donors (Lipinski definition) is 2. The van der Waals surface area contributed by atoms with Gasteiger partial charge in [0.15, 0.2) is 0 Å². The quantitative estimate of drug-likeness (QED) is 0.794. The van der Waals surface area contributed by atoms with Crippen LogP contribution in [0.2, 0.25) is 0 Å². The molecule has 2 rings (SSSR count). The summed E-state index contributed by atoms with van der Waals surface area (Å²) in [5.74, 6) is 0. The van der Waals surface area contributed by atoms with Crippen LogP contribution < -0.4 is 5.32 Å². The van der Waals surface area contributed by atoms with E-state index in [0.29, 0.717) is 0 Å². The van der Waals surface area contributed by atoms with Crippen LogP contribution in [0.25, 0.3) is 0 Å². The van der Waals surface area contributed by atoms with E-state index in [-0.39, 0.29) is 12.1 Å². The van der Waals surface area contributed by atoms with E-state index in [9.17, 15) is 5.11 Å². The molecule has 0 unspecified atom stereocenters. The fraction of sp³-hybridized carbons (Fsp3) is 0.700. The Bertz CT molecular complexity index is 301. The first-order valence-electron chi connectivity index (χ1n) is 5.01. The molecule has 1 saturated carbocycles. The molecule has 0 aliphatic heterocycles. The van der Waals surface area contributed by atoms with Crippen LogP contribution >= 0.6 is 11.3 Å². The molecule has 1 fully saturated rings. The first-order valence-corrected chi connectivity index (χ1v) is 5.89. The van der Waals surface area contributed by atoms with Crippen LogP contribution in [-0.4, -0.2) is 22.2 Å². The highest BCUT2D eigenvalue weighted by molar-refractivity contribution is 7.09. The van der Waals surface area contributed by atoms with E-state index in [1.807, 2.05) is 6.92 Å². The lowest BCUT2D eigenvalue weighted by atomic mass is 9.77. The number of aryl methyl sites for hydroxylation is 1. The van der Waals surface area contributed by atoms with Crippen molar-refractivity contribution in [1.82, 2.24) is 10.3 Å². The maximum absolute atomic E-state index is 9.24. The van der Waals surface area contributed by atoms with Crippen LogP contribution in [0.4, 0.5) is 0 Å². The van der Waals surface area contributed by atoms with E-state index in [1.54, 1.807) is 11.3 Å². The van der Waals surface area contributed by atoms with E-state index in [1.165, 1.54) is 6.42 Å². The molecule has 0 aromatic carbocycles. The van der Waals surface area contributed by atoms with Crippen molar-refractivity contribution in [2.75, 3.05) is 6.61 Å². The third kappa shape index (κ3) is 1.97. The molecule has 0 atom stereocenters. The molecule has 2 N–H and O–H groups in total. The molecular weight excluding hydrogens is 196 g/mol. The van der Waals surface area contributed by atoms with E-state index in [4.69, 9.17) is 0 Å². The zero-order chi connectivity index (χ0) is 10.0. The number of aliphatic hydroxyl groups excluding tert-OH is 1. The van der Waals surface area contributed by atoms with E-state index < -0.39 is 0 Å². The number of aromatic nitrogens is 1. The number of nitrogens with one attached hydrogen (secondary N) is 1. The molecule has 78 valence electrons. The van der Waals surface area contributed by atoms with Crippen LogP contribution in [-0.2, 0) is 6.54 Å². The molecule has 0 spiro atoms. The van der Waals surface area contributed by atoms with Crippen molar-refractivity contribution < 1.29 is 5.11 Å². The van der Waals surface area contributed by atoms with Crippen LogP contribution in [0.3, 0.4) is 0 Å². The number of rotatable bonds is 4. The van der Waals surface area contributed by atoms with Crippen molar-refractivity contribution >= 4 is 11.3 Å². The predicted octanol–water partition coefficient (Wildman–Crippen LogP) is 1.46. The van der Waals surface area contributed by atoms with Crippen LogP contribution in [0.1, 0.15) is 30.0 Å². The molecule has 0 saturated heterocycles. The Labute approximate surface area is 88.2 Å². The maximum Gasteiger partial charge on any atom is 0.107 e. The second kappa shape index (κ2) is 3.96. The van der Waals surface area contributed by atoms with Gasteiger partial charge in [-0.15, -0.1) is 11.3 Å². The molecule has 1 aliphatic rings. The Hall–Kier alpha value is -0.450. The summed E-state index contributed by atoms with van der Waals surface area (Å²) in [7, 11) is 0. The van der Waals surface area contributed by atoms with Gasteiger partial charge in [0.05, 0.1) is 6.61 Å². The van der Waals surface area contributed by atoms with Gasteiger partial charge >= 0.3 is 0 Å². The van der Waals surface area contributed by atoms with Crippen molar-refractivity contribution in [2.45, 2.75) is 38.3 Å². The first-order chi connectivity index (χ1) is 6.74. The lowest BCUT2D eigenvalue weighted by Crippen LogP contribution is -2.53. The SMILES string of the molecule is Cc1csc(CNC2(CO)CCC2)n1. The Kier molecular flexibility index (Phi) is 2.85. The van der Waals surface area contributed by atoms with Gasteiger partial charge < -0.3 is 10.4 Å². The second-order valence-corrected chi connectivity index (χ2v) is 4.97. The fourth-order valence-electron chi connectivity index (χ4n) is 1.74. The summed E-state index contributed by atoms with van der Waals surface area (Å²) >= 11 is 1.68. The van der Waals surface area contributed by atoms with Crippen molar-refractivity contribution in [3.8, 4) is 0 Å². The third-order valence-electron chi connectivity index (χ3n) is 2.89. The Morgan fingerprint density at radius 3 is 2.86 bits per heavy atom. The van der Waals surface area contributed by atoms with Gasteiger partial charge in [-0.3, -0.25) is 0 Å². The number of nitrogens with zero attached hydrogens (tertiary/aromatic N) is 1. The van der Waals surface area contributed by atoms with Crippen LogP contribution in [0.5, 0.6) is 0 Å². The lowest BCUT2D eigenvalue weighted by molar-refractivity contribution is 0.0872. The Morgan fingerprint density at radius 1 is 1.64 bits per heavy atom. The zero-order valence-corrected chi connectivity index (χ0v) is 9.23. The molecule has 4 heteroatoms. The molecule has 0 amide bonds. The van der Waals surface area contributed by atoms with Gasteiger partial charge in [0.25, 0.3) is 0 Å². The molecule has 1 aromatic heterocycles. The largest absolute Gasteiger partial charge is 0.394 e. The van der Waals surface area contributed by atoms with Crippen molar-refractivity contribution in [3.05, 3.63) is 16.1 Å². The summed E-state index contributed by atoms with van der Waals surface area (Å²) in [5.41, 5.74) is 1.08. The highest BCUT2D eigenvalue weighted by Gasteiger charge is 2.35. The van der Waals surface area contributed by atoms with Crippen molar-refractivity contribution in [3.63, 3.8) is 0 Å². The average Bonchev–Trinajstić information content (AvgIpc) is 2.50. The average molecular weight is 212 g/mol. The van der Waals surface area contributed by atoms with Crippen molar-refractivity contribution in [1.29, 1.82) is 0 Å². The van der Waals surface area contributed by atoms with E-state index >= 15 is 0 Å². The fourth-order valence-corrected chi connectivity index (χ4v) is 2.45. The van der Waals surface area contributed by atoms with E-state index in [2.05, 4.69) is 15.7 Å². The predicted molar refractivity (Wildman–Crippen MR) is 57.4 cm³/mol. The highest BCUT2D eigenvalue weighted by Crippen LogP contribution is 2.31. The van der Waals surface area contributed by atoms with Gasteiger partial charge in [0, 0.05) is 23.2 Å². The van der Waals surface area contributed by atoms with Gasteiger partial charge in [0.1, 0.15) is 5.01 Å². The number of hydrogen-bond acceptors (Lipinski definition) is 4. The molecular formula is C10H16N2OS. The Morgan fingerprint density at radius 2 is 2.43 bits per heavy atom. The summed E-state index contributed by atoms with van der Waals surface area (Å²) in [6.07, 6.45) is 3.41. The summed E-state index contributed by atoms with van der Waals surface area (Å²) < 4.78 is 0. The standard InChI is InChI=1S/C10H16N2OS/c1-8-6-14-9(12-8)5-11-10(7-13)3-2-4-10/h6,11,13H,2-5,7H2,1H3. The number of thiazole rings is 1. The smallest absolute Gasteiger partial charge is 0.107 e. The minimum Gasteiger partial charge on any atom is -0.394 e. The monoisotopic (exact) mass is 212 g/mol. The van der Waals surface area contributed by atoms with Crippen LogP contribution in [0.15, 0.2) is 5.38 Å². The molecule has 1 heterocycles. The molecule has 14 heavy (non-hydrogen) atoms. The normalized spacial score (nSPS) is 19.3. The van der Waals surface area contributed by atoms with Gasteiger partial charge in [0.2, 0.25) is 0 Å². The van der Waals surface area contributed by atoms with Crippen LogP contribution in [0, 0.1) is 6.92 Å². The van der Waals surface area contributed by atoms with Gasteiger partial charge in [-0.2, -0.15) is 0 Å². The maximum atomic E-state index is 9.24. The molecule has 1 aromatic rings. The zero-order valence-electron chi connectivity index (χ0n) is 8.42. The third-order valence-corrected chi connectivity index (χ3v) is 3.86. The van der Waals surface area contributed by atoms with Gasteiger partial charge in [-0.25, -0.2) is 4.98 Å². The molecule has 0 bridgehead atoms. The number of aliphatic hydroxyl groups is 1. The van der Waals surface area contributed by atoms with E-state index in [0.717, 1.165) is 30.1 Å². The van der Waals surface area contributed by atoms with Crippen molar-refractivity contribution in [2.24, 2.45) is 0 Å². The molecule has 1 aliphatic carbocycles. The van der Waals surface area contributed by atoms with Gasteiger partial charge in [-0.1, -0.05) is 0 Å². The van der Waals surface area contributed by atoms with Gasteiger partial charge in [-0.05, 0) is 26.2 Å². The summed E-state index contributed by atoms with van der Waals surface area (Å²) in [4.78, 5) is 4.38. The minimum absolute atomic E-state index is 0.000422.